The highest BCUT2D eigenvalue weighted by Gasteiger charge is 2.39. The summed E-state index contributed by atoms with van der Waals surface area (Å²) in [5.74, 6) is -0.837. The molecule has 1 saturated heterocycles. The van der Waals surface area contributed by atoms with Gasteiger partial charge >= 0.3 is 12.1 Å². The second kappa shape index (κ2) is 10.5. The Morgan fingerprint density at radius 3 is 2.64 bits per heavy atom. The van der Waals surface area contributed by atoms with E-state index in [1.165, 1.54) is 11.3 Å². The van der Waals surface area contributed by atoms with Crippen molar-refractivity contribution in [1.82, 2.24) is 20.3 Å². The van der Waals surface area contributed by atoms with E-state index >= 15 is 0 Å². The molecule has 2 fully saturated rings. The molecular weight excluding hydrogens is 535 g/mol. The number of hydrogen-bond acceptors (Lipinski definition) is 9. The molecule has 2 aromatic heterocycles. The van der Waals surface area contributed by atoms with Crippen molar-refractivity contribution in [3.8, 4) is 10.4 Å². The molecule has 1 saturated carbocycles. The van der Waals surface area contributed by atoms with E-state index in [0.29, 0.717) is 42.8 Å². The Morgan fingerprint density at radius 2 is 1.95 bits per heavy atom. The van der Waals surface area contributed by atoms with E-state index in [0.717, 1.165) is 28.3 Å². The SMILES string of the molecule is Cc1cc(Nc2nccc(C(F)(F)F)n2)cc(-c2cnc(C3(O)CCC(NC(=O)C4CCC(=O)O4)CC3)s2)c1. The first-order valence-corrected chi connectivity index (χ1v) is 13.3. The predicted molar refractivity (Wildman–Crippen MR) is 136 cm³/mol. The van der Waals surface area contributed by atoms with Gasteiger partial charge in [-0.25, -0.2) is 15.0 Å². The minimum absolute atomic E-state index is 0.125. The van der Waals surface area contributed by atoms with Crippen LogP contribution in [0.5, 0.6) is 0 Å². The Kier molecular flexibility index (Phi) is 7.29. The molecule has 206 valence electrons. The average Bonchev–Trinajstić information content (AvgIpc) is 3.55. The fraction of sp³-hybridized carbons (Fsp3) is 0.423. The number of hydrogen-bond donors (Lipinski definition) is 3. The zero-order chi connectivity index (χ0) is 27.8. The van der Waals surface area contributed by atoms with Gasteiger partial charge < -0.3 is 20.5 Å². The highest BCUT2D eigenvalue weighted by Crippen LogP contribution is 2.41. The summed E-state index contributed by atoms with van der Waals surface area (Å²) in [6.07, 6.45) is -0.0700. The van der Waals surface area contributed by atoms with Crippen LogP contribution in [0.1, 0.15) is 54.8 Å². The van der Waals surface area contributed by atoms with Gasteiger partial charge in [-0.3, -0.25) is 9.59 Å². The van der Waals surface area contributed by atoms with Gasteiger partial charge in [0.25, 0.3) is 5.91 Å². The van der Waals surface area contributed by atoms with Gasteiger partial charge in [0, 0.05) is 37.0 Å². The second-order valence-electron chi connectivity index (χ2n) is 9.84. The lowest BCUT2D eigenvalue weighted by Crippen LogP contribution is -2.45. The van der Waals surface area contributed by atoms with Crippen molar-refractivity contribution in [2.24, 2.45) is 0 Å². The van der Waals surface area contributed by atoms with E-state index in [9.17, 15) is 27.9 Å². The number of nitrogens with zero attached hydrogens (tertiary/aromatic N) is 3. The number of nitrogens with one attached hydrogen (secondary N) is 2. The van der Waals surface area contributed by atoms with E-state index in [-0.39, 0.29) is 30.3 Å². The Labute approximate surface area is 225 Å². The first kappa shape index (κ1) is 27.0. The molecule has 0 spiro atoms. The molecule has 3 heterocycles. The molecule has 3 aromatic rings. The molecule has 1 aliphatic heterocycles. The molecule has 9 nitrogen and oxygen atoms in total. The molecule has 1 amide bonds. The van der Waals surface area contributed by atoms with Gasteiger partial charge in [0.2, 0.25) is 5.95 Å². The van der Waals surface area contributed by atoms with Gasteiger partial charge in [-0.2, -0.15) is 13.2 Å². The van der Waals surface area contributed by atoms with Crippen LogP contribution in [0.4, 0.5) is 24.8 Å². The maximum atomic E-state index is 13.0. The van der Waals surface area contributed by atoms with Crippen LogP contribution in [-0.2, 0) is 26.1 Å². The molecule has 1 atom stereocenters. The number of cyclic esters (lactones) is 1. The van der Waals surface area contributed by atoms with Crippen LogP contribution >= 0.6 is 11.3 Å². The summed E-state index contributed by atoms with van der Waals surface area (Å²) >= 11 is 1.34. The number of aryl methyl sites for hydroxylation is 1. The Balaban J connectivity index is 1.25. The minimum Gasteiger partial charge on any atom is -0.452 e. The van der Waals surface area contributed by atoms with Crippen LogP contribution in [-0.4, -0.2) is 44.1 Å². The van der Waals surface area contributed by atoms with E-state index in [2.05, 4.69) is 25.6 Å². The van der Waals surface area contributed by atoms with Crippen LogP contribution in [0.15, 0.2) is 36.7 Å². The maximum Gasteiger partial charge on any atom is 0.433 e. The van der Waals surface area contributed by atoms with Crippen molar-refractivity contribution >= 4 is 34.8 Å². The molecule has 1 aromatic carbocycles. The molecule has 1 aliphatic carbocycles. The predicted octanol–water partition coefficient (Wildman–Crippen LogP) is 4.62. The summed E-state index contributed by atoms with van der Waals surface area (Å²) in [6, 6.07) is 6.14. The fourth-order valence-corrected chi connectivity index (χ4v) is 5.83. The highest BCUT2D eigenvalue weighted by molar-refractivity contribution is 7.15. The number of benzene rings is 1. The number of carbonyl (C=O) groups is 2. The first-order valence-electron chi connectivity index (χ1n) is 12.5. The van der Waals surface area contributed by atoms with Gasteiger partial charge in [-0.05, 0) is 61.9 Å². The van der Waals surface area contributed by atoms with E-state index in [1.54, 1.807) is 18.3 Å². The molecular formula is C26H26F3N5O4S. The van der Waals surface area contributed by atoms with Crippen LogP contribution in [0.2, 0.25) is 0 Å². The second-order valence-corrected chi connectivity index (χ2v) is 10.9. The van der Waals surface area contributed by atoms with Crippen LogP contribution in [0.3, 0.4) is 0 Å². The van der Waals surface area contributed by atoms with Gasteiger partial charge in [0.1, 0.15) is 16.3 Å². The number of amides is 1. The molecule has 13 heteroatoms. The molecule has 39 heavy (non-hydrogen) atoms. The standard InChI is InChI=1S/C26H26F3N5O4S/c1-14-10-15(12-17(11-14)33-24-30-9-6-20(34-24)26(27,28)29)19-13-31-23(39-19)25(37)7-4-16(5-8-25)32-22(36)18-2-3-21(35)38-18/h6,9-13,16,18,37H,2-5,7-8H2,1H3,(H,32,36)(H,30,33,34). The lowest BCUT2D eigenvalue weighted by Gasteiger charge is -2.35. The zero-order valence-corrected chi connectivity index (χ0v) is 21.7. The van der Waals surface area contributed by atoms with Crippen LogP contribution < -0.4 is 10.6 Å². The molecule has 0 radical (unpaired) electrons. The number of aliphatic hydroxyl groups is 1. The molecule has 5 rings (SSSR count). The first-order chi connectivity index (χ1) is 18.5. The van der Waals surface area contributed by atoms with Crippen molar-refractivity contribution in [2.45, 2.75) is 69.4 Å². The number of rotatable bonds is 6. The maximum absolute atomic E-state index is 13.0. The quantitative estimate of drug-likeness (QED) is 0.372. The summed E-state index contributed by atoms with van der Waals surface area (Å²) in [6.45, 7) is 1.86. The smallest absolute Gasteiger partial charge is 0.433 e. The topological polar surface area (TPSA) is 126 Å². The number of alkyl halides is 3. The molecule has 3 N–H and O–H groups in total. The number of esters is 1. The van der Waals surface area contributed by atoms with E-state index in [1.807, 2.05) is 13.0 Å². The van der Waals surface area contributed by atoms with Gasteiger partial charge in [-0.1, -0.05) is 6.07 Å². The summed E-state index contributed by atoms with van der Waals surface area (Å²) in [7, 11) is 0. The Hall–Kier alpha value is -3.58. The van der Waals surface area contributed by atoms with Crippen molar-refractivity contribution in [3.63, 3.8) is 0 Å². The zero-order valence-electron chi connectivity index (χ0n) is 20.9. The monoisotopic (exact) mass is 561 g/mol. The largest absolute Gasteiger partial charge is 0.452 e. The summed E-state index contributed by atoms with van der Waals surface area (Å²) in [5, 5.41) is 17.7. The van der Waals surface area contributed by atoms with Gasteiger partial charge in [0.05, 0.1) is 4.88 Å². The molecule has 1 unspecified atom stereocenters. The van der Waals surface area contributed by atoms with E-state index < -0.39 is 23.6 Å². The number of halogens is 3. The van der Waals surface area contributed by atoms with Crippen LogP contribution in [0, 0.1) is 6.92 Å². The van der Waals surface area contributed by atoms with Crippen molar-refractivity contribution in [2.75, 3.05) is 5.32 Å². The summed E-state index contributed by atoms with van der Waals surface area (Å²) in [4.78, 5) is 36.3. The lowest BCUT2D eigenvalue weighted by molar-refractivity contribution is -0.148. The fourth-order valence-electron chi connectivity index (χ4n) is 4.78. The number of ether oxygens (including phenoxy) is 1. The number of thiazole rings is 1. The Bertz CT molecular complexity index is 1390. The van der Waals surface area contributed by atoms with Gasteiger partial charge in [-0.15, -0.1) is 11.3 Å². The van der Waals surface area contributed by atoms with Gasteiger partial charge in [0.15, 0.2) is 6.10 Å². The third kappa shape index (κ3) is 6.19. The van der Waals surface area contributed by atoms with Crippen molar-refractivity contribution in [3.05, 3.63) is 52.9 Å². The van der Waals surface area contributed by atoms with Crippen molar-refractivity contribution in [1.29, 1.82) is 0 Å². The van der Waals surface area contributed by atoms with Crippen LogP contribution in [0.25, 0.3) is 10.4 Å². The number of carbonyl (C=O) groups excluding carboxylic acids is 2. The summed E-state index contributed by atoms with van der Waals surface area (Å²) in [5.41, 5.74) is -0.0174. The summed E-state index contributed by atoms with van der Waals surface area (Å²) < 4.78 is 44.1. The van der Waals surface area contributed by atoms with E-state index in [4.69, 9.17) is 4.74 Å². The molecule has 0 bridgehead atoms. The lowest BCUT2D eigenvalue weighted by atomic mass is 9.82. The third-order valence-corrected chi connectivity index (χ3v) is 8.04. The normalized spacial score (nSPS) is 23.4. The average molecular weight is 562 g/mol. The third-order valence-electron chi connectivity index (χ3n) is 6.80. The minimum atomic E-state index is -4.58. The Morgan fingerprint density at radius 1 is 1.18 bits per heavy atom. The highest BCUT2D eigenvalue weighted by atomic mass is 32.1. The molecule has 2 aliphatic rings. The number of anilines is 2. The van der Waals surface area contributed by atoms with Crippen molar-refractivity contribution < 1.29 is 32.6 Å². The number of aromatic nitrogens is 3.